The van der Waals surface area contributed by atoms with E-state index in [2.05, 4.69) is 10.1 Å². The molecule has 0 aromatic heterocycles. The molecule has 1 aromatic carbocycles. The summed E-state index contributed by atoms with van der Waals surface area (Å²) in [5, 5.41) is 2.51. The zero-order valence-corrected chi connectivity index (χ0v) is 10.9. The van der Waals surface area contributed by atoms with E-state index in [4.69, 9.17) is 0 Å². The normalized spacial score (nSPS) is 11.7. The fourth-order valence-corrected chi connectivity index (χ4v) is 1.73. The van der Waals surface area contributed by atoms with Gasteiger partial charge in [-0.1, -0.05) is 12.1 Å². The standard InChI is InChI=1S/C12H14FNO3S/c1-8(15)14-11(12(16)17-2)7-9-3-5-10(18-13)6-4-9/h3-6,11H,7H2,1-2H3,(H,14,15)/t11-/m0/s1. The minimum Gasteiger partial charge on any atom is -0.467 e. The monoisotopic (exact) mass is 271 g/mol. The number of hydrogen-bond acceptors (Lipinski definition) is 4. The first-order chi connectivity index (χ1) is 8.56. The van der Waals surface area contributed by atoms with Gasteiger partial charge in [0.25, 0.3) is 0 Å². The number of halogens is 1. The van der Waals surface area contributed by atoms with Crippen LogP contribution in [0.2, 0.25) is 0 Å². The van der Waals surface area contributed by atoms with Crippen LogP contribution in [0.3, 0.4) is 0 Å². The van der Waals surface area contributed by atoms with Gasteiger partial charge in [0.2, 0.25) is 5.91 Å². The van der Waals surface area contributed by atoms with Crippen molar-refractivity contribution in [2.24, 2.45) is 0 Å². The first-order valence-corrected chi connectivity index (χ1v) is 6.01. The molecule has 0 fully saturated rings. The maximum atomic E-state index is 12.3. The Kier molecular flexibility index (Phi) is 5.64. The Bertz CT molecular complexity index is 422. The molecular formula is C12H14FNO3S. The number of carbonyl (C=O) groups excluding carboxylic acids is 2. The van der Waals surface area contributed by atoms with Crippen LogP contribution >= 0.6 is 12.1 Å². The highest BCUT2D eigenvalue weighted by Crippen LogP contribution is 2.19. The summed E-state index contributed by atoms with van der Waals surface area (Å²) in [6.45, 7) is 1.33. The van der Waals surface area contributed by atoms with Gasteiger partial charge in [-0.3, -0.25) is 4.79 Å². The van der Waals surface area contributed by atoms with Crippen molar-refractivity contribution in [2.75, 3.05) is 7.11 Å². The molecule has 0 heterocycles. The minimum atomic E-state index is -0.726. The molecule has 1 atom stereocenters. The predicted octanol–water partition coefficient (Wildman–Crippen LogP) is 1.88. The Hall–Kier alpha value is -1.56. The van der Waals surface area contributed by atoms with Crippen LogP contribution in [0, 0.1) is 0 Å². The molecule has 0 aliphatic heterocycles. The van der Waals surface area contributed by atoms with Crippen molar-refractivity contribution in [3.8, 4) is 0 Å². The van der Waals surface area contributed by atoms with Crippen LogP contribution in [0.1, 0.15) is 12.5 Å². The van der Waals surface area contributed by atoms with Crippen LogP contribution in [0.5, 0.6) is 0 Å². The summed E-state index contributed by atoms with van der Waals surface area (Å²) in [6.07, 6.45) is 0.309. The second kappa shape index (κ2) is 7.00. The third-order valence-electron chi connectivity index (χ3n) is 2.32. The molecule has 1 aromatic rings. The number of ether oxygens (including phenoxy) is 1. The van der Waals surface area contributed by atoms with Crippen molar-refractivity contribution in [3.05, 3.63) is 29.8 Å². The molecule has 0 saturated carbocycles. The van der Waals surface area contributed by atoms with Gasteiger partial charge in [-0.25, -0.2) is 4.79 Å². The van der Waals surface area contributed by atoms with E-state index in [1.54, 1.807) is 24.3 Å². The van der Waals surface area contributed by atoms with Crippen molar-refractivity contribution in [3.63, 3.8) is 0 Å². The minimum absolute atomic E-state index is 0.156. The highest BCUT2D eigenvalue weighted by molar-refractivity contribution is 7.94. The second-order valence-corrected chi connectivity index (χ2v) is 4.33. The highest BCUT2D eigenvalue weighted by atomic mass is 32.2. The smallest absolute Gasteiger partial charge is 0.328 e. The molecule has 6 heteroatoms. The van der Waals surface area contributed by atoms with Crippen molar-refractivity contribution < 1.29 is 18.2 Å². The molecule has 1 amide bonds. The summed E-state index contributed by atoms with van der Waals surface area (Å²) in [4.78, 5) is 23.0. The lowest BCUT2D eigenvalue weighted by Gasteiger charge is -2.15. The molecule has 1 N–H and O–H groups in total. The first kappa shape index (κ1) is 14.5. The zero-order chi connectivity index (χ0) is 13.5. The third-order valence-corrected chi connectivity index (χ3v) is 2.77. The highest BCUT2D eigenvalue weighted by Gasteiger charge is 2.20. The average molecular weight is 271 g/mol. The van der Waals surface area contributed by atoms with E-state index < -0.39 is 12.0 Å². The molecule has 1 rings (SSSR count). The third kappa shape index (κ3) is 4.37. The van der Waals surface area contributed by atoms with Crippen LogP contribution in [0.15, 0.2) is 29.2 Å². The van der Waals surface area contributed by atoms with E-state index in [1.165, 1.54) is 14.0 Å². The molecule has 98 valence electrons. The molecule has 0 bridgehead atoms. The number of nitrogens with one attached hydrogen (secondary N) is 1. The molecule has 0 aliphatic carbocycles. The lowest BCUT2D eigenvalue weighted by atomic mass is 10.1. The zero-order valence-electron chi connectivity index (χ0n) is 10.1. The Labute approximate surface area is 109 Å². The summed E-state index contributed by atoms with van der Waals surface area (Å²) in [6, 6.07) is 5.92. The topological polar surface area (TPSA) is 55.4 Å². The van der Waals surface area contributed by atoms with Crippen LogP contribution in [0.25, 0.3) is 0 Å². The summed E-state index contributed by atoms with van der Waals surface area (Å²) in [7, 11) is 1.26. The predicted molar refractivity (Wildman–Crippen MR) is 66.7 cm³/mol. The lowest BCUT2D eigenvalue weighted by Crippen LogP contribution is -2.41. The molecule has 0 unspecified atom stereocenters. The van der Waals surface area contributed by atoms with Gasteiger partial charge in [-0.05, 0) is 17.7 Å². The van der Waals surface area contributed by atoms with Crippen LogP contribution in [-0.4, -0.2) is 25.0 Å². The molecule has 18 heavy (non-hydrogen) atoms. The van der Waals surface area contributed by atoms with Gasteiger partial charge >= 0.3 is 5.97 Å². The lowest BCUT2D eigenvalue weighted by molar-refractivity contribution is -0.144. The fourth-order valence-electron chi connectivity index (χ4n) is 1.49. The number of amides is 1. The maximum absolute atomic E-state index is 12.3. The van der Waals surface area contributed by atoms with Crippen molar-refractivity contribution in [1.29, 1.82) is 0 Å². The van der Waals surface area contributed by atoms with E-state index in [1.807, 2.05) is 0 Å². The largest absolute Gasteiger partial charge is 0.467 e. The maximum Gasteiger partial charge on any atom is 0.328 e. The number of benzene rings is 1. The van der Waals surface area contributed by atoms with E-state index in [9.17, 15) is 13.5 Å². The summed E-state index contributed by atoms with van der Waals surface area (Å²) >= 11 is 0.156. The van der Waals surface area contributed by atoms with E-state index in [0.29, 0.717) is 11.3 Å². The van der Waals surface area contributed by atoms with E-state index in [-0.39, 0.29) is 18.1 Å². The molecule has 0 radical (unpaired) electrons. The van der Waals surface area contributed by atoms with Gasteiger partial charge in [-0.2, -0.15) is 3.89 Å². The van der Waals surface area contributed by atoms with Gasteiger partial charge in [0.05, 0.1) is 19.3 Å². The van der Waals surface area contributed by atoms with Gasteiger partial charge in [0.15, 0.2) is 0 Å². The van der Waals surface area contributed by atoms with Crippen LogP contribution in [-0.2, 0) is 20.7 Å². The van der Waals surface area contributed by atoms with Crippen molar-refractivity contribution >= 4 is 24.0 Å². The second-order valence-electron chi connectivity index (χ2n) is 3.70. The number of esters is 1. The number of rotatable bonds is 5. The summed E-state index contributed by atoms with van der Waals surface area (Å²) in [5.41, 5.74) is 0.817. The summed E-state index contributed by atoms with van der Waals surface area (Å²) in [5.74, 6) is -0.810. The Balaban J connectivity index is 2.75. The number of methoxy groups -OCH3 is 1. The van der Waals surface area contributed by atoms with Gasteiger partial charge < -0.3 is 10.1 Å². The average Bonchev–Trinajstić information content (AvgIpc) is 2.37. The molecular weight excluding hydrogens is 257 g/mol. The molecule has 0 aliphatic rings. The van der Waals surface area contributed by atoms with Gasteiger partial charge in [0, 0.05) is 18.2 Å². The number of hydrogen-bond donors (Lipinski definition) is 1. The van der Waals surface area contributed by atoms with E-state index in [0.717, 1.165) is 5.56 Å². The molecule has 4 nitrogen and oxygen atoms in total. The van der Waals surface area contributed by atoms with Gasteiger partial charge in [-0.15, -0.1) is 0 Å². The number of carbonyl (C=O) groups is 2. The Morgan fingerprint density at radius 2 is 2.00 bits per heavy atom. The van der Waals surface area contributed by atoms with E-state index >= 15 is 0 Å². The summed E-state index contributed by atoms with van der Waals surface area (Å²) < 4.78 is 16.9. The SMILES string of the molecule is COC(=O)[C@H](Cc1ccc(SF)cc1)NC(C)=O. The molecule has 0 saturated heterocycles. The quantitative estimate of drug-likeness (QED) is 0.831. The fraction of sp³-hybridized carbons (Fsp3) is 0.333. The van der Waals surface area contributed by atoms with Crippen molar-refractivity contribution in [1.82, 2.24) is 5.32 Å². The van der Waals surface area contributed by atoms with Crippen LogP contribution in [0.4, 0.5) is 3.89 Å². The Morgan fingerprint density at radius 1 is 1.39 bits per heavy atom. The van der Waals surface area contributed by atoms with Crippen molar-refractivity contribution in [2.45, 2.75) is 24.3 Å². The first-order valence-electron chi connectivity index (χ1n) is 5.29. The Morgan fingerprint density at radius 3 is 2.44 bits per heavy atom. The van der Waals surface area contributed by atoms with Crippen LogP contribution < -0.4 is 5.32 Å². The molecule has 0 spiro atoms. The van der Waals surface area contributed by atoms with Gasteiger partial charge in [0.1, 0.15) is 6.04 Å².